The summed E-state index contributed by atoms with van der Waals surface area (Å²) in [4.78, 5) is 0. The molecule has 2 atom stereocenters. The van der Waals surface area contributed by atoms with E-state index >= 15 is 0 Å². The molecular weight excluding hydrogens is 308 g/mol. The van der Waals surface area contributed by atoms with Crippen LogP contribution in [0.4, 0.5) is 8.78 Å². The SMILES string of the molecule is COc1c(F)cc(Br)cc1C(F)C1CNCCO1. The zero-order chi connectivity index (χ0) is 13.1. The molecule has 0 saturated carbocycles. The first kappa shape index (κ1) is 13.7. The minimum absolute atomic E-state index is 0.0696. The number of benzene rings is 1. The molecular formula is C12H14BrF2NO2. The summed E-state index contributed by atoms with van der Waals surface area (Å²) in [5, 5.41) is 3.04. The van der Waals surface area contributed by atoms with Gasteiger partial charge in [-0.2, -0.15) is 0 Å². The van der Waals surface area contributed by atoms with E-state index in [0.717, 1.165) is 0 Å². The molecule has 0 spiro atoms. The van der Waals surface area contributed by atoms with Crippen LogP contribution in [0.5, 0.6) is 5.75 Å². The van der Waals surface area contributed by atoms with Gasteiger partial charge in [0.05, 0.1) is 13.7 Å². The molecule has 100 valence electrons. The lowest BCUT2D eigenvalue weighted by molar-refractivity contribution is -0.0228. The number of halogens is 3. The van der Waals surface area contributed by atoms with Crippen molar-refractivity contribution in [3.05, 3.63) is 28.0 Å². The lowest BCUT2D eigenvalue weighted by Crippen LogP contribution is -2.41. The van der Waals surface area contributed by atoms with Gasteiger partial charge in [0.15, 0.2) is 17.7 Å². The van der Waals surface area contributed by atoms with Gasteiger partial charge in [-0.15, -0.1) is 0 Å². The topological polar surface area (TPSA) is 30.5 Å². The maximum absolute atomic E-state index is 14.4. The second kappa shape index (κ2) is 5.95. The average Bonchev–Trinajstić information content (AvgIpc) is 2.38. The molecule has 0 radical (unpaired) electrons. The normalized spacial score (nSPS) is 21.7. The zero-order valence-corrected chi connectivity index (χ0v) is 11.5. The Morgan fingerprint density at radius 3 is 2.94 bits per heavy atom. The van der Waals surface area contributed by atoms with Gasteiger partial charge in [-0.3, -0.25) is 0 Å². The summed E-state index contributed by atoms with van der Waals surface area (Å²) in [7, 11) is 1.32. The third-order valence-electron chi connectivity index (χ3n) is 2.82. The second-order valence-electron chi connectivity index (χ2n) is 4.03. The maximum Gasteiger partial charge on any atom is 0.166 e. The Morgan fingerprint density at radius 2 is 2.33 bits per heavy atom. The number of morpholine rings is 1. The van der Waals surface area contributed by atoms with Crippen LogP contribution >= 0.6 is 15.9 Å². The Labute approximate surface area is 113 Å². The van der Waals surface area contributed by atoms with Gasteiger partial charge in [-0.1, -0.05) is 15.9 Å². The highest BCUT2D eigenvalue weighted by Crippen LogP contribution is 2.36. The van der Waals surface area contributed by atoms with E-state index < -0.39 is 18.1 Å². The van der Waals surface area contributed by atoms with Crippen LogP contribution in [0.15, 0.2) is 16.6 Å². The van der Waals surface area contributed by atoms with Gasteiger partial charge in [0, 0.05) is 23.1 Å². The Bertz CT molecular complexity index is 425. The fraction of sp³-hybridized carbons (Fsp3) is 0.500. The van der Waals surface area contributed by atoms with Crippen LogP contribution in [0.1, 0.15) is 11.7 Å². The molecule has 1 heterocycles. The molecule has 1 aromatic carbocycles. The van der Waals surface area contributed by atoms with Gasteiger partial charge in [0.1, 0.15) is 6.10 Å². The molecule has 1 fully saturated rings. The molecule has 0 aromatic heterocycles. The van der Waals surface area contributed by atoms with Crippen molar-refractivity contribution in [1.82, 2.24) is 5.32 Å². The van der Waals surface area contributed by atoms with Gasteiger partial charge in [-0.25, -0.2) is 8.78 Å². The van der Waals surface area contributed by atoms with E-state index in [-0.39, 0.29) is 11.3 Å². The maximum atomic E-state index is 14.4. The third-order valence-corrected chi connectivity index (χ3v) is 3.28. The molecule has 1 saturated heterocycles. The monoisotopic (exact) mass is 321 g/mol. The number of alkyl halides is 1. The molecule has 0 aliphatic carbocycles. The van der Waals surface area contributed by atoms with Crippen LogP contribution in [0.25, 0.3) is 0 Å². The van der Waals surface area contributed by atoms with Crippen molar-refractivity contribution in [3.8, 4) is 5.75 Å². The van der Waals surface area contributed by atoms with E-state index in [4.69, 9.17) is 9.47 Å². The first-order valence-electron chi connectivity index (χ1n) is 5.62. The number of hydrogen-bond donors (Lipinski definition) is 1. The average molecular weight is 322 g/mol. The third kappa shape index (κ3) is 2.81. The van der Waals surface area contributed by atoms with Crippen molar-refractivity contribution in [1.29, 1.82) is 0 Å². The molecule has 1 aromatic rings. The fourth-order valence-electron chi connectivity index (χ4n) is 1.97. The number of hydrogen-bond acceptors (Lipinski definition) is 3. The highest BCUT2D eigenvalue weighted by molar-refractivity contribution is 9.10. The predicted octanol–water partition coefficient (Wildman–Crippen LogP) is 2.60. The summed E-state index contributed by atoms with van der Waals surface area (Å²) in [6.07, 6.45) is -2.05. The summed E-state index contributed by atoms with van der Waals surface area (Å²) in [5.74, 6) is -0.659. The van der Waals surface area contributed by atoms with E-state index in [1.165, 1.54) is 19.2 Å². The fourth-order valence-corrected chi connectivity index (χ4v) is 2.42. The van der Waals surface area contributed by atoms with Crippen LogP contribution in [0.3, 0.4) is 0 Å². The van der Waals surface area contributed by atoms with Crippen LogP contribution in [0, 0.1) is 5.82 Å². The Hall–Kier alpha value is -0.720. The Kier molecular flexibility index (Phi) is 4.53. The quantitative estimate of drug-likeness (QED) is 0.928. The molecule has 0 bridgehead atoms. The number of methoxy groups -OCH3 is 1. The van der Waals surface area contributed by atoms with Crippen molar-refractivity contribution >= 4 is 15.9 Å². The smallest absolute Gasteiger partial charge is 0.166 e. The molecule has 1 aliphatic heterocycles. The van der Waals surface area contributed by atoms with Crippen LogP contribution in [-0.4, -0.2) is 32.9 Å². The van der Waals surface area contributed by atoms with Gasteiger partial charge < -0.3 is 14.8 Å². The summed E-state index contributed by atoms with van der Waals surface area (Å²) in [6.45, 7) is 1.55. The summed E-state index contributed by atoms with van der Waals surface area (Å²) >= 11 is 3.15. The highest BCUT2D eigenvalue weighted by Gasteiger charge is 2.29. The molecule has 1 aliphatic rings. The minimum Gasteiger partial charge on any atom is -0.493 e. The van der Waals surface area contributed by atoms with Crippen LogP contribution in [-0.2, 0) is 4.74 Å². The lowest BCUT2D eigenvalue weighted by Gasteiger charge is -2.27. The first-order valence-corrected chi connectivity index (χ1v) is 6.42. The summed E-state index contributed by atoms with van der Waals surface area (Å²) in [6, 6.07) is 2.76. The van der Waals surface area contributed by atoms with Crippen LogP contribution < -0.4 is 10.1 Å². The molecule has 3 nitrogen and oxygen atoms in total. The predicted molar refractivity (Wildman–Crippen MR) is 67.1 cm³/mol. The summed E-state index contributed by atoms with van der Waals surface area (Å²) in [5.41, 5.74) is 0.165. The van der Waals surface area contributed by atoms with Crippen molar-refractivity contribution in [2.24, 2.45) is 0 Å². The molecule has 18 heavy (non-hydrogen) atoms. The highest BCUT2D eigenvalue weighted by atomic mass is 79.9. The van der Waals surface area contributed by atoms with E-state index in [1.54, 1.807) is 0 Å². The van der Waals surface area contributed by atoms with Gasteiger partial charge in [-0.05, 0) is 12.1 Å². The Morgan fingerprint density at radius 1 is 1.56 bits per heavy atom. The number of ether oxygens (including phenoxy) is 2. The molecule has 0 amide bonds. The largest absolute Gasteiger partial charge is 0.493 e. The van der Waals surface area contributed by atoms with E-state index in [2.05, 4.69) is 21.2 Å². The molecule has 2 unspecified atom stereocenters. The molecule has 6 heteroatoms. The second-order valence-corrected chi connectivity index (χ2v) is 4.94. The van der Waals surface area contributed by atoms with E-state index in [1.807, 2.05) is 0 Å². The van der Waals surface area contributed by atoms with Crippen molar-refractivity contribution in [2.45, 2.75) is 12.3 Å². The molecule has 1 N–H and O–H groups in total. The van der Waals surface area contributed by atoms with Gasteiger partial charge in [0.2, 0.25) is 0 Å². The number of rotatable bonds is 3. The zero-order valence-electron chi connectivity index (χ0n) is 9.88. The summed E-state index contributed by atoms with van der Waals surface area (Å²) < 4.78 is 38.8. The lowest BCUT2D eigenvalue weighted by atomic mass is 10.0. The first-order chi connectivity index (χ1) is 8.63. The standard InChI is InChI=1S/C12H14BrF2NO2/c1-17-12-8(4-7(13)5-9(12)14)11(15)10-6-16-2-3-18-10/h4-5,10-11,16H,2-3,6H2,1H3. The van der Waals surface area contributed by atoms with Crippen molar-refractivity contribution < 1.29 is 18.3 Å². The van der Waals surface area contributed by atoms with E-state index in [0.29, 0.717) is 24.2 Å². The van der Waals surface area contributed by atoms with Crippen molar-refractivity contribution in [2.75, 3.05) is 26.8 Å². The van der Waals surface area contributed by atoms with Crippen molar-refractivity contribution in [3.63, 3.8) is 0 Å². The Balaban J connectivity index is 2.30. The number of nitrogens with one attached hydrogen (secondary N) is 1. The van der Waals surface area contributed by atoms with Gasteiger partial charge >= 0.3 is 0 Å². The minimum atomic E-state index is -1.43. The molecule has 2 rings (SSSR count). The van der Waals surface area contributed by atoms with E-state index in [9.17, 15) is 8.78 Å². The van der Waals surface area contributed by atoms with Crippen LogP contribution in [0.2, 0.25) is 0 Å². The van der Waals surface area contributed by atoms with Gasteiger partial charge in [0.25, 0.3) is 0 Å².